The number of carbonyl (C=O) groups excluding carboxylic acids is 1. The predicted octanol–water partition coefficient (Wildman–Crippen LogP) is 3.80. The van der Waals surface area contributed by atoms with Crippen LogP contribution in [0, 0.1) is 5.82 Å². The highest BCUT2D eigenvalue weighted by atomic mass is 19.1. The van der Waals surface area contributed by atoms with Crippen molar-refractivity contribution in [1.82, 2.24) is 24.7 Å². The first kappa shape index (κ1) is 19.6. The second-order valence-electron chi connectivity index (χ2n) is 7.26. The third kappa shape index (κ3) is 3.60. The standard InChI is InChI=1S/C23H18FN7O/c1-14-19(22(32)28-18-5-3-11-26-13-18)20(16-4-2-10-25-12-16)31-23(27-14)29-21(30-31)15-6-8-17(24)9-7-15/h2-13,20H,1H3,(H,28,32)(H,27,29,30). The fraction of sp³-hybridized carbons (Fsp3) is 0.0870. The molecule has 3 aromatic heterocycles. The molecule has 0 saturated carbocycles. The summed E-state index contributed by atoms with van der Waals surface area (Å²) in [6.07, 6.45) is 6.59. The third-order valence-electron chi connectivity index (χ3n) is 5.12. The number of halogens is 1. The molecule has 1 amide bonds. The van der Waals surface area contributed by atoms with E-state index >= 15 is 0 Å². The lowest BCUT2D eigenvalue weighted by Gasteiger charge is -2.28. The number of benzene rings is 1. The summed E-state index contributed by atoms with van der Waals surface area (Å²) in [5.41, 5.74) is 3.15. The normalized spacial score (nSPS) is 15.1. The Morgan fingerprint density at radius 3 is 2.50 bits per heavy atom. The van der Waals surface area contributed by atoms with Gasteiger partial charge in [0.2, 0.25) is 5.95 Å². The number of hydrogen-bond donors (Lipinski definition) is 2. The fourth-order valence-electron chi connectivity index (χ4n) is 3.65. The maximum absolute atomic E-state index is 13.4. The highest BCUT2D eigenvalue weighted by Gasteiger charge is 2.34. The minimum absolute atomic E-state index is 0.290. The molecule has 4 heterocycles. The summed E-state index contributed by atoms with van der Waals surface area (Å²) in [4.78, 5) is 26.2. The molecule has 1 unspecified atom stereocenters. The number of rotatable bonds is 4. The molecule has 8 nitrogen and oxygen atoms in total. The number of aromatic nitrogens is 5. The Morgan fingerprint density at radius 1 is 1.06 bits per heavy atom. The minimum atomic E-state index is -0.557. The number of fused-ring (bicyclic) bond motifs is 1. The highest BCUT2D eigenvalue weighted by molar-refractivity contribution is 6.05. The molecule has 32 heavy (non-hydrogen) atoms. The van der Waals surface area contributed by atoms with Crippen molar-refractivity contribution in [3.05, 3.63) is 96.0 Å². The first-order valence-corrected chi connectivity index (χ1v) is 9.92. The largest absolute Gasteiger partial charge is 0.328 e. The molecule has 0 aliphatic carbocycles. The first-order chi connectivity index (χ1) is 15.6. The molecule has 158 valence electrons. The van der Waals surface area contributed by atoms with E-state index in [1.54, 1.807) is 59.8 Å². The van der Waals surface area contributed by atoms with E-state index in [1.807, 2.05) is 13.0 Å². The summed E-state index contributed by atoms with van der Waals surface area (Å²) in [6.45, 7) is 1.82. The quantitative estimate of drug-likeness (QED) is 0.514. The summed E-state index contributed by atoms with van der Waals surface area (Å²) in [7, 11) is 0. The van der Waals surface area contributed by atoms with E-state index in [-0.39, 0.29) is 11.7 Å². The molecule has 0 fully saturated rings. The van der Waals surface area contributed by atoms with Crippen LogP contribution in [0.5, 0.6) is 0 Å². The van der Waals surface area contributed by atoms with Crippen LogP contribution in [-0.4, -0.2) is 30.6 Å². The van der Waals surface area contributed by atoms with Crippen molar-refractivity contribution in [2.75, 3.05) is 10.6 Å². The molecule has 1 aliphatic rings. The number of allylic oxidation sites excluding steroid dienone is 1. The van der Waals surface area contributed by atoms with E-state index in [2.05, 4.69) is 30.7 Å². The van der Waals surface area contributed by atoms with Gasteiger partial charge >= 0.3 is 0 Å². The Morgan fingerprint density at radius 2 is 1.81 bits per heavy atom. The minimum Gasteiger partial charge on any atom is -0.328 e. The number of nitrogens with zero attached hydrogens (tertiary/aromatic N) is 5. The van der Waals surface area contributed by atoms with Crippen molar-refractivity contribution in [3.8, 4) is 11.4 Å². The molecule has 2 N–H and O–H groups in total. The third-order valence-corrected chi connectivity index (χ3v) is 5.12. The number of pyridine rings is 2. The smallest absolute Gasteiger partial charge is 0.255 e. The van der Waals surface area contributed by atoms with E-state index in [9.17, 15) is 9.18 Å². The molecule has 4 aromatic rings. The Labute approximate surface area is 182 Å². The van der Waals surface area contributed by atoms with E-state index in [0.717, 1.165) is 5.56 Å². The van der Waals surface area contributed by atoms with Gasteiger partial charge in [-0.05, 0) is 55.0 Å². The van der Waals surface area contributed by atoms with E-state index in [0.29, 0.717) is 34.3 Å². The van der Waals surface area contributed by atoms with Crippen LogP contribution in [0.1, 0.15) is 18.5 Å². The van der Waals surface area contributed by atoms with Gasteiger partial charge in [-0.2, -0.15) is 4.98 Å². The Kier molecular flexibility index (Phi) is 4.91. The molecule has 5 rings (SSSR count). The van der Waals surface area contributed by atoms with Crippen molar-refractivity contribution >= 4 is 17.5 Å². The molecule has 1 atom stereocenters. The van der Waals surface area contributed by atoms with Gasteiger partial charge in [0.25, 0.3) is 5.91 Å². The molecule has 0 radical (unpaired) electrons. The average molecular weight is 427 g/mol. The van der Waals surface area contributed by atoms with Crippen LogP contribution >= 0.6 is 0 Å². The van der Waals surface area contributed by atoms with Gasteiger partial charge in [-0.3, -0.25) is 14.8 Å². The lowest BCUT2D eigenvalue weighted by atomic mass is 9.96. The summed E-state index contributed by atoms with van der Waals surface area (Å²) >= 11 is 0. The lowest BCUT2D eigenvalue weighted by molar-refractivity contribution is -0.113. The molecule has 0 bridgehead atoms. The van der Waals surface area contributed by atoms with Crippen molar-refractivity contribution in [1.29, 1.82) is 0 Å². The molecular formula is C23H18FN7O. The molecule has 0 spiro atoms. The van der Waals surface area contributed by atoms with Crippen LogP contribution in [0.2, 0.25) is 0 Å². The van der Waals surface area contributed by atoms with Crippen LogP contribution in [0.25, 0.3) is 11.4 Å². The summed E-state index contributed by atoms with van der Waals surface area (Å²) in [5.74, 6) is 0.272. The van der Waals surface area contributed by atoms with Crippen LogP contribution in [0.4, 0.5) is 16.0 Å². The second-order valence-corrected chi connectivity index (χ2v) is 7.26. The lowest BCUT2D eigenvalue weighted by Crippen LogP contribution is -2.31. The van der Waals surface area contributed by atoms with Crippen LogP contribution in [0.3, 0.4) is 0 Å². The fourth-order valence-corrected chi connectivity index (χ4v) is 3.65. The number of anilines is 2. The van der Waals surface area contributed by atoms with Gasteiger partial charge in [-0.1, -0.05) is 6.07 Å². The number of amides is 1. The van der Waals surface area contributed by atoms with Crippen molar-refractivity contribution in [2.45, 2.75) is 13.0 Å². The maximum atomic E-state index is 13.4. The van der Waals surface area contributed by atoms with Crippen molar-refractivity contribution < 1.29 is 9.18 Å². The van der Waals surface area contributed by atoms with Gasteiger partial charge in [0.15, 0.2) is 5.82 Å². The zero-order valence-electron chi connectivity index (χ0n) is 17.0. The molecular weight excluding hydrogens is 409 g/mol. The summed E-state index contributed by atoms with van der Waals surface area (Å²) in [6, 6.07) is 12.6. The van der Waals surface area contributed by atoms with E-state index in [4.69, 9.17) is 0 Å². The number of hydrogen-bond acceptors (Lipinski definition) is 6. The molecule has 1 aromatic carbocycles. The van der Waals surface area contributed by atoms with Gasteiger partial charge in [0.05, 0.1) is 17.5 Å². The zero-order valence-corrected chi connectivity index (χ0v) is 17.0. The van der Waals surface area contributed by atoms with Crippen molar-refractivity contribution in [3.63, 3.8) is 0 Å². The topological polar surface area (TPSA) is 97.6 Å². The predicted molar refractivity (Wildman–Crippen MR) is 117 cm³/mol. The molecule has 9 heteroatoms. The zero-order chi connectivity index (χ0) is 22.1. The second kappa shape index (κ2) is 8.03. The number of nitrogens with one attached hydrogen (secondary N) is 2. The highest BCUT2D eigenvalue weighted by Crippen LogP contribution is 2.36. The van der Waals surface area contributed by atoms with Gasteiger partial charge in [0.1, 0.15) is 11.9 Å². The maximum Gasteiger partial charge on any atom is 0.255 e. The summed E-state index contributed by atoms with van der Waals surface area (Å²) < 4.78 is 15.0. The van der Waals surface area contributed by atoms with E-state index < -0.39 is 6.04 Å². The van der Waals surface area contributed by atoms with Gasteiger partial charge < -0.3 is 10.6 Å². The average Bonchev–Trinajstić information content (AvgIpc) is 3.23. The van der Waals surface area contributed by atoms with E-state index in [1.165, 1.54) is 12.1 Å². The Hall–Kier alpha value is -4.40. The van der Waals surface area contributed by atoms with Gasteiger partial charge in [-0.25, -0.2) is 9.07 Å². The van der Waals surface area contributed by atoms with Gasteiger partial charge in [0, 0.05) is 29.9 Å². The van der Waals surface area contributed by atoms with Gasteiger partial charge in [-0.15, -0.1) is 5.10 Å². The van der Waals surface area contributed by atoms with Crippen LogP contribution in [0.15, 0.2) is 84.6 Å². The molecule has 0 saturated heterocycles. The van der Waals surface area contributed by atoms with Crippen LogP contribution < -0.4 is 10.6 Å². The Balaban J connectivity index is 1.59. The first-order valence-electron chi connectivity index (χ1n) is 9.92. The van der Waals surface area contributed by atoms with Crippen molar-refractivity contribution in [2.24, 2.45) is 0 Å². The monoisotopic (exact) mass is 427 g/mol. The Bertz CT molecular complexity index is 1300. The summed E-state index contributed by atoms with van der Waals surface area (Å²) in [5, 5.41) is 10.7. The number of carbonyl (C=O) groups is 1. The SMILES string of the molecule is CC1=C(C(=O)Nc2cccnc2)C(c2cccnc2)n2nc(-c3ccc(F)cc3)nc2N1. The van der Waals surface area contributed by atoms with Crippen LogP contribution in [-0.2, 0) is 4.79 Å². The molecule has 1 aliphatic heterocycles.